The van der Waals surface area contributed by atoms with Crippen molar-refractivity contribution >= 4 is 37.7 Å². The molecule has 0 unspecified atom stereocenters. The van der Waals surface area contributed by atoms with E-state index < -0.39 is 0 Å². The molecule has 0 spiro atoms. The topological polar surface area (TPSA) is 66.8 Å². The van der Waals surface area contributed by atoms with Gasteiger partial charge in [0.2, 0.25) is 0 Å². The molecule has 0 saturated heterocycles. The molecule has 60 valence electrons. The summed E-state index contributed by atoms with van der Waals surface area (Å²) in [5.74, 6) is 0.260. The molecule has 0 saturated carbocycles. The summed E-state index contributed by atoms with van der Waals surface area (Å²) in [6.45, 7) is 0. The molecular weight excluding hydrogens is 197 g/mol. The van der Waals surface area contributed by atoms with Gasteiger partial charge in [-0.2, -0.15) is 14.7 Å². The second-order valence-corrected chi connectivity index (χ2v) is 2.61. The first-order valence-corrected chi connectivity index (χ1v) is 3.88. The molecule has 0 atom stereocenters. The molecular formula is C5H3ClN5P. The quantitative estimate of drug-likeness (QED) is 0.564. The van der Waals surface area contributed by atoms with E-state index in [-0.39, 0.29) is 5.95 Å². The number of rotatable bonds is 1. The van der Waals surface area contributed by atoms with Crippen LogP contribution >= 0.6 is 20.6 Å². The van der Waals surface area contributed by atoms with E-state index in [9.17, 15) is 0 Å². The lowest BCUT2D eigenvalue weighted by Crippen LogP contribution is -1.83. The van der Waals surface area contributed by atoms with Crippen molar-refractivity contribution in [2.45, 2.75) is 0 Å². The van der Waals surface area contributed by atoms with Crippen LogP contribution in [0.25, 0.3) is 11.2 Å². The van der Waals surface area contributed by atoms with Crippen LogP contribution in [0.15, 0.2) is 11.1 Å². The summed E-state index contributed by atoms with van der Waals surface area (Å²) < 4.78 is 3.61. The van der Waals surface area contributed by atoms with Crippen molar-refractivity contribution in [3.05, 3.63) is 11.5 Å². The second kappa shape index (κ2) is 2.77. The lowest BCUT2D eigenvalue weighted by Gasteiger charge is -1.92. The van der Waals surface area contributed by atoms with E-state index in [1.54, 1.807) is 0 Å². The normalized spacial score (nSPS) is 10.4. The highest BCUT2D eigenvalue weighted by Crippen LogP contribution is 2.19. The summed E-state index contributed by atoms with van der Waals surface area (Å²) in [6.07, 6.45) is 1.50. The van der Waals surface area contributed by atoms with Gasteiger partial charge in [0.1, 0.15) is 5.52 Å². The van der Waals surface area contributed by atoms with E-state index in [1.807, 2.05) is 0 Å². The van der Waals surface area contributed by atoms with Crippen LogP contribution in [-0.2, 0) is 0 Å². The molecule has 2 aromatic heterocycles. The SMILES string of the molecule is P=Nc1nc(Cl)c2[nH]cnc2n1. The van der Waals surface area contributed by atoms with Crippen LogP contribution < -0.4 is 0 Å². The number of nitrogens with zero attached hydrogens (tertiary/aromatic N) is 4. The molecule has 0 amide bonds. The van der Waals surface area contributed by atoms with Crippen molar-refractivity contribution in [3.63, 3.8) is 0 Å². The lowest BCUT2D eigenvalue weighted by molar-refractivity contribution is 1.17. The third kappa shape index (κ3) is 1.07. The molecule has 2 aromatic rings. The van der Waals surface area contributed by atoms with Gasteiger partial charge < -0.3 is 4.98 Å². The molecule has 2 rings (SSSR count). The lowest BCUT2D eigenvalue weighted by atomic mass is 10.6. The molecule has 0 fully saturated rings. The van der Waals surface area contributed by atoms with Crippen molar-refractivity contribution in [1.82, 2.24) is 19.9 Å². The van der Waals surface area contributed by atoms with Crippen molar-refractivity contribution in [1.29, 1.82) is 0 Å². The summed E-state index contributed by atoms with van der Waals surface area (Å²) >= 11 is 5.78. The minimum atomic E-state index is 0.260. The van der Waals surface area contributed by atoms with Gasteiger partial charge in [0, 0.05) is 0 Å². The van der Waals surface area contributed by atoms with E-state index in [1.165, 1.54) is 6.33 Å². The zero-order valence-electron chi connectivity index (χ0n) is 5.74. The van der Waals surface area contributed by atoms with Gasteiger partial charge in [-0.1, -0.05) is 11.6 Å². The van der Waals surface area contributed by atoms with E-state index in [2.05, 4.69) is 33.7 Å². The Balaban J connectivity index is 2.83. The molecule has 7 heteroatoms. The molecule has 0 aromatic carbocycles. The van der Waals surface area contributed by atoms with Gasteiger partial charge in [-0.15, -0.1) is 0 Å². The van der Waals surface area contributed by atoms with E-state index in [4.69, 9.17) is 11.6 Å². The van der Waals surface area contributed by atoms with Gasteiger partial charge in [-0.25, -0.2) is 4.98 Å². The predicted octanol–water partition coefficient (Wildman–Crippen LogP) is 1.96. The van der Waals surface area contributed by atoms with Gasteiger partial charge in [-0.05, 0) is 9.03 Å². The van der Waals surface area contributed by atoms with Crippen molar-refractivity contribution in [2.75, 3.05) is 0 Å². The molecule has 1 N–H and O–H groups in total. The third-order valence-corrected chi connectivity index (χ3v) is 1.80. The highest BCUT2D eigenvalue weighted by atomic mass is 35.5. The summed E-state index contributed by atoms with van der Waals surface area (Å²) in [4.78, 5) is 14.6. The van der Waals surface area contributed by atoms with Gasteiger partial charge in [0.05, 0.1) is 6.33 Å². The first kappa shape index (κ1) is 7.58. The Hall–Kier alpha value is -1.06. The fourth-order valence-corrected chi connectivity index (χ4v) is 1.15. The van der Waals surface area contributed by atoms with Crippen LogP contribution in [0.5, 0.6) is 0 Å². The van der Waals surface area contributed by atoms with E-state index >= 15 is 0 Å². The third-order valence-electron chi connectivity index (χ3n) is 1.33. The van der Waals surface area contributed by atoms with Crippen LogP contribution in [0.1, 0.15) is 0 Å². The van der Waals surface area contributed by atoms with Crippen LogP contribution in [0.2, 0.25) is 5.15 Å². The largest absolute Gasteiger partial charge is 0.341 e. The second-order valence-electron chi connectivity index (χ2n) is 2.03. The van der Waals surface area contributed by atoms with Crippen LogP contribution in [0.4, 0.5) is 5.95 Å². The minimum Gasteiger partial charge on any atom is -0.341 e. The summed E-state index contributed by atoms with van der Waals surface area (Å²) in [5.41, 5.74) is 1.13. The number of H-pyrrole nitrogens is 1. The van der Waals surface area contributed by atoms with Crippen molar-refractivity contribution in [3.8, 4) is 0 Å². The maximum absolute atomic E-state index is 5.78. The summed E-state index contributed by atoms with van der Waals surface area (Å²) in [7, 11) is 2.92. The number of nitrogens with one attached hydrogen (secondary N) is 1. The Kier molecular flexibility index (Phi) is 1.75. The number of imidazole rings is 1. The number of aromatic nitrogens is 4. The Labute approximate surface area is 74.5 Å². The fourth-order valence-electron chi connectivity index (χ4n) is 0.837. The molecule has 0 radical (unpaired) electrons. The molecule has 5 nitrogen and oxygen atoms in total. The maximum atomic E-state index is 5.78. The molecule has 2 heterocycles. The van der Waals surface area contributed by atoms with E-state index in [0.29, 0.717) is 16.3 Å². The Morgan fingerprint density at radius 1 is 1.50 bits per heavy atom. The highest BCUT2D eigenvalue weighted by molar-refractivity contribution is 7.04. The van der Waals surface area contributed by atoms with Crippen LogP contribution in [0, 0.1) is 0 Å². The number of hydrogen-bond donors (Lipinski definition) is 1. The fraction of sp³-hybridized carbons (Fsp3) is 0. The monoisotopic (exact) mass is 199 g/mol. The molecule has 0 bridgehead atoms. The molecule has 0 aliphatic carbocycles. The zero-order valence-corrected chi connectivity index (χ0v) is 7.50. The first-order valence-electron chi connectivity index (χ1n) is 3.05. The van der Waals surface area contributed by atoms with Gasteiger partial charge >= 0.3 is 0 Å². The van der Waals surface area contributed by atoms with Crippen molar-refractivity contribution < 1.29 is 0 Å². The average molecular weight is 200 g/mol. The highest BCUT2D eigenvalue weighted by Gasteiger charge is 2.05. The number of halogens is 1. The summed E-state index contributed by atoms with van der Waals surface area (Å²) in [5, 5.41) is 0.314. The van der Waals surface area contributed by atoms with Crippen LogP contribution in [0.3, 0.4) is 0 Å². The molecule has 12 heavy (non-hydrogen) atoms. The van der Waals surface area contributed by atoms with E-state index in [0.717, 1.165) is 0 Å². The molecule has 0 aliphatic rings. The Morgan fingerprint density at radius 3 is 3.08 bits per heavy atom. The number of hydrogen-bond acceptors (Lipinski definition) is 4. The number of aromatic amines is 1. The standard InChI is InChI=1S/C5H3ClN5P/c6-3-2-4(8-1-7-2)10-5(9-3)11-12/h1,12H,(H,7,8,9,10). The summed E-state index contributed by atoms with van der Waals surface area (Å²) in [6, 6.07) is 0. The molecule has 0 aliphatic heterocycles. The Bertz CT molecular complexity index is 438. The van der Waals surface area contributed by atoms with Crippen molar-refractivity contribution in [2.24, 2.45) is 4.74 Å². The maximum Gasteiger partial charge on any atom is 0.256 e. The average Bonchev–Trinajstić information content (AvgIpc) is 2.52. The number of fused-ring (bicyclic) bond motifs is 1. The van der Waals surface area contributed by atoms with Crippen LogP contribution in [-0.4, -0.2) is 19.9 Å². The van der Waals surface area contributed by atoms with Gasteiger partial charge in [-0.3, -0.25) is 0 Å². The minimum absolute atomic E-state index is 0.260. The zero-order chi connectivity index (χ0) is 8.55. The Morgan fingerprint density at radius 2 is 2.33 bits per heavy atom. The predicted molar refractivity (Wildman–Crippen MR) is 47.1 cm³/mol. The van der Waals surface area contributed by atoms with Gasteiger partial charge in [0.15, 0.2) is 10.8 Å². The van der Waals surface area contributed by atoms with Gasteiger partial charge in [0.25, 0.3) is 5.95 Å². The smallest absolute Gasteiger partial charge is 0.256 e. The first-order chi connectivity index (χ1) is 5.81.